The number of carbonyl (C=O) groups is 2. The minimum absolute atomic E-state index is 0.467. The highest BCUT2D eigenvalue weighted by Crippen LogP contribution is 2.35. The predicted molar refractivity (Wildman–Crippen MR) is 90.9 cm³/mol. The largest absolute Gasteiger partial charge is 0.493 e. The van der Waals surface area contributed by atoms with Crippen molar-refractivity contribution in [1.29, 1.82) is 0 Å². The number of carbonyl (C=O) groups excluding carboxylic acids is 2. The van der Waals surface area contributed by atoms with Crippen LogP contribution in [0.15, 0.2) is 21.7 Å². The Balaban J connectivity index is 2.66. The molecule has 0 aliphatic rings. The van der Waals surface area contributed by atoms with Crippen molar-refractivity contribution < 1.29 is 19.1 Å². The zero-order valence-corrected chi connectivity index (χ0v) is 14.9. The molecule has 126 valence electrons. The highest BCUT2D eigenvalue weighted by Gasteiger charge is 2.12. The van der Waals surface area contributed by atoms with Crippen molar-refractivity contribution in [3.63, 3.8) is 0 Å². The molecule has 0 unspecified atom stereocenters. The Bertz CT molecular complexity index is 590. The van der Waals surface area contributed by atoms with Crippen molar-refractivity contribution in [1.82, 2.24) is 10.7 Å². The molecule has 0 aliphatic heterocycles. The third kappa shape index (κ3) is 5.90. The van der Waals surface area contributed by atoms with Crippen LogP contribution in [0.1, 0.15) is 25.3 Å². The van der Waals surface area contributed by atoms with E-state index in [9.17, 15) is 9.59 Å². The van der Waals surface area contributed by atoms with E-state index >= 15 is 0 Å². The zero-order chi connectivity index (χ0) is 17.2. The Morgan fingerprint density at radius 3 is 2.61 bits per heavy atom. The van der Waals surface area contributed by atoms with Crippen molar-refractivity contribution >= 4 is 34.0 Å². The van der Waals surface area contributed by atoms with Gasteiger partial charge in [-0.1, -0.05) is 13.3 Å². The number of hydrogen-bond donors (Lipinski definition) is 2. The average molecular weight is 386 g/mol. The molecule has 2 amide bonds. The standard InChI is InChI=1S/C15H20BrN3O4/c1-4-5-6-17-14(20)15(21)19-18-9-10-7-11(16)13(23-3)12(8-10)22-2/h7-9H,4-6H2,1-3H3,(H,17,20)(H,19,21)/b18-9-. The minimum atomic E-state index is -0.808. The monoisotopic (exact) mass is 385 g/mol. The number of methoxy groups -OCH3 is 2. The van der Waals surface area contributed by atoms with E-state index in [4.69, 9.17) is 9.47 Å². The van der Waals surface area contributed by atoms with E-state index in [-0.39, 0.29) is 0 Å². The second-order valence-electron chi connectivity index (χ2n) is 4.55. The summed E-state index contributed by atoms with van der Waals surface area (Å²) in [6, 6.07) is 3.44. The predicted octanol–water partition coefficient (Wildman–Crippen LogP) is 1.83. The summed E-state index contributed by atoms with van der Waals surface area (Å²) < 4.78 is 11.1. The van der Waals surface area contributed by atoms with Crippen molar-refractivity contribution in [2.24, 2.45) is 5.10 Å². The maximum absolute atomic E-state index is 11.5. The molecule has 0 atom stereocenters. The van der Waals surface area contributed by atoms with E-state index in [0.29, 0.717) is 28.1 Å². The van der Waals surface area contributed by atoms with Gasteiger partial charge in [-0.05, 0) is 40.0 Å². The van der Waals surface area contributed by atoms with Gasteiger partial charge >= 0.3 is 11.8 Å². The molecule has 0 spiro atoms. The molecule has 0 radical (unpaired) electrons. The molecule has 1 aromatic carbocycles. The molecule has 1 rings (SSSR count). The van der Waals surface area contributed by atoms with Gasteiger partial charge in [-0.15, -0.1) is 0 Å². The van der Waals surface area contributed by atoms with Crippen LogP contribution in [0.4, 0.5) is 0 Å². The number of benzene rings is 1. The van der Waals surface area contributed by atoms with E-state index in [1.807, 2.05) is 6.92 Å². The number of ether oxygens (including phenoxy) is 2. The SMILES string of the molecule is CCCCNC(=O)C(=O)N/N=C\c1cc(Br)c(OC)c(OC)c1. The number of unbranched alkanes of at least 4 members (excludes halogenated alkanes) is 1. The Hall–Kier alpha value is -2.09. The van der Waals surface area contributed by atoms with Gasteiger partial charge in [0.2, 0.25) is 0 Å². The highest BCUT2D eigenvalue weighted by atomic mass is 79.9. The van der Waals surface area contributed by atoms with Crippen molar-refractivity contribution in [3.8, 4) is 11.5 Å². The van der Waals surface area contributed by atoms with Gasteiger partial charge in [-0.25, -0.2) is 5.43 Å². The molecule has 0 aliphatic carbocycles. The molecule has 0 saturated carbocycles. The fourth-order valence-electron chi connectivity index (χ4n) is 1.69. The van der Waals surface area contributed by atoms with Gasteiger partial charge in [0.1, 0.15) is 0 Å². The van der Waals surface area contributed by atoms with Gasteiger partial charge < -0.3 is 14.8 Å². The summed E-state index contributed by atoms with van der Waals surface area (Å²) in [7, 11) is 3.06. The molecule has 0 aromatic heterocycles. The van der Waals surface area contributed by atoms with Crippen LogP contribution in [-0.4, -0.2) is 38.8 Å². The Morgan fingerprint density at radius 1 is 1.26 bits per heavy atom. The van der Waals surface area contributed by atoms with Crippen LogP contribution in [0.25, 0.3) is 0 Å². The zero-order valence-electron chi connectivity index (χ0n) is 13.3. The fourth-order valence-corrected chi connectivity index (χ4v) is 2.31. The van der Waals surface area contributed by atoms with E-state index in [1.54, 1.807) is 12.1 Å². The molecule has 1 aromatic rings. The molecule has 8 heteroatoms. The summed E-state index contributed by atoms with van der Waals surface area (Å²) in [4.78, 5) is 23.0. The second kappa shape index (κ2) is 9.83. The number of amides is 2. The number of hydrogen-bond acceptors (Lipinski definition) is 5. The summed E-state index contributed by atoms with van der Waals surface area (Å²) >= 11 is 3.36. The quantitative estimate of drug-likeness (QED) is 0.324. The number of halogens is 1. The number of hydrazone groups is 1. The molecular formula is C15H20BrN3O4. The lowest BCUT2D eigenvalue weighted by Crippen LogP contribution is -2.38. The van der Waals surface area contributed by atoms with Crippen LogP contribution in [0.3, 0.4) is 0 Å². The van der Waals surface area contributed by atoms with E-state index < -0.39 is 11.8 Å². The third-order valence-electron chi connectivity index (χ3n) is 2.86. The fraction of sp³-hybridized carbons (Fsp3) is 0.400. The first-order chi connectivity index (χ1) is 11.0. The van der Waals surface area contributed by atoms with E-state index in [2.05, 4.69) is 31.8 Å². The molecule has 7 nitrogen and oxygen atoms in total. The number of nitrogens with zero attached hydrogens (tertiary/aromatic N) is 1. The molecular weight excluding hydrogens is 366 g/mol. The summed E-state index contributed by atoms with van der Waals surface area (Å²) in [5, 5.41) is 6.27. The van der Waals surface area contributed by atoms with Gasteiger partial charge in [0.15, 0.2) is 11.5 Å². The Labute approximate surface area is 143 Å². The van der Waals surface area contributed by atoms with Crippen LogP contribution < -0.4 is 20.2 Å². The van der Waals surface area contributed by atoms with Crippen molar-refractivity contribution in [3.05, 3.63) is 22.2 Å². The van der Waals surface area contributed by atoms with Crippen molar-refractivity contribution in [2.75, 3.05) is 20.8 Å². The summed E-state index contributed by atoms with van der Waals surface area (Å²) in [5.74, 6) is -0.433. The average Bonchev–Trinajstić information content (AvgIpc) is 2.54. The summed E-state index contributed by atoms with van der Waals surface area (Å²) in [6.45, 7) is 2.47. The summed E-state index contributed by atoms with van der Waals surface area (Å²) in [6.07, 6.45) is 3.17. The topological polar surface area (TPSA) is 89.0 Å². The van der Waals surface area contributed by atoms with Crippen LogP contribution in [0, 0.1) is 0 Å². The lowest BCUT2D eigenvalue weighted by atomic mass is 10.2. The van der Waals surface area contributed by atoms with Crippen LogP contribution >= 0.6 is 15.9 Å². The molecule has 0 fully saturated rings. The molecule has 2 N–H and O–H groups in total. The first-order valence-electron chi connectivity index (χ1n) is 7.06. The smallest absolute Gasteiger partial charge is 0.329 e. The van der Waals surface area contributed by atoms with Gasteiger partial charge in [0.05, 0.1) is 24.9 Å². The maximum atomic E-state index is 11.5. The molecule has 23 heavy (non-hydrogen) atoms. The lowest BCUT2D eigenvalue weighted by molar-refractivity contribution is -0.139. The third-order valence-corrected chi connectivity index (χ3v) is 3.45. The first-order valence-corrected chi connectivity index (χ1v) is 7.85. The van der Waals surface area contributed by atoms with Gasteiger partial charge in [0.25, 0.3) is 0 Å². The van der Waals surface area contributed by atoms with Crippen LogP contribution in [0.5, 0.6) is 11.5 Å². The van der Waals surface area contributed by atoms with Crippen molar-refractivity contribution in [2.45, 2.75) is 19.8 Å². The lowest BCUT2D eigenvalue weighted by Gasteiger charge is -2.10. The molecule has 0 bridgehead atoms. The maximum Gasteiger partial charge on any atom is 0.329 e. The van der Waals surface area contributed by atoms with E-state index in [0.717, 1.165) is 12.8 Å². The van der Waals surface area contributed by atoms with E-state index in [1.165, 1.54) is 20.4 Å². The number of nitrogens with one attached hydrogen (secondary N) is 2. The van der Waals surface area contributed by atoms with Gasteiger partial charge in [-0.3, -0.25) is 9.59 Å². The molecule has 0 heterocycles. The van der Waals surface area contributed by atoms with Crippen LogP contribution in [-0.2, 0) is 9.59 Å². The molecule has 0 saturated heterocycles. The highest BCUT2D eigenvalue weighted by molar-refractivity contribution is 9.10. The van der Waals surface area contributed by atoms with Crippen LogP contribution in [0.2, 0.25) is 0 Å². The Kier molecular flexibility index (Phi) is 8.10. The first kappa shape index (κ1) is 19.0. The van der Waals surface area contributed by atoms with Gasteiger partial charge in [0, 0.05) is 6.54 Å². The second-order valence-corrected chi connectivity index (χ2v) is 5.40. The minimum Gasteiger partial charge on any atom is -0.493 e. The summed E-state index contributed by atoms with van der Waals surface area (Å²) in [5.41, 5.74) is 2.84. The normalized spacial score (nSPS) is 10.4. The Morgan fingerprint density at radius 2 is 2.00 bits per heavy atom. The van der Waals surface area contributed by atoms with Gasteiger partial charge in [-0.2, -0.15) is 5.10 Å². The number of rotatable bonds is 7.